The fourth-order valence-corrected chi connectivity index (χ4v) is 3.79. The third kappa shape index (κ3) is 5.18. The molecule has 6 atom stereocenters. The summed E-state index contributed by atoms with van der Waals surface area (Å²) in [5.74, 6) is -2.97. The lowest BCUT2D eigenvalue weighted by molar-refractivity contribution is -0.236. The van der Waals surface area contributed by atoms with E-state index in [2.05, 4.69) is 5.32 Å². The number of carbonyl (C=O) groups is 2. The van der Waals surface area contributed by atoms with Gasteiger partial charge in [-0.15, -0.1) is 0 Å². The maximum Gasteiger partial charge on any atom is 0.408 e. The fourth-order valence-electron chi connectivity index (χ4n) is 3.79. The quantitative estimate of drug-likeness (QED) is 0.704. The summed E-state index contributed by atoms with van der Waals surface area (Å²) in [6.45, 7) is 12.2. The molecule has 3 heterocycles. The Labute approximate surface area is 170 Å². The van der Waals surface area contributed by atoms with Gasteiger partial charge in [-0.25, -0.2) is 9.59 Å². The first-order valence-electron chi connectivity index (χ1n) is 9.75. The van der Waals surface area contributed by atoms with Crippen molar-refractivity contribution in [2.45, 2.75) is 109 Å². The monoisotopic (exact) mass is 417 g/mol. The molecule has 3 fully saturated rings. The number of carboxylic acid groups (broad SMARTS) is 1. The summed E-state index contributed by atoms with van der Waals surface area (Å²) in [7, 11) is 0. The van der Waals surface area contributed by atoms with E-state index < -0.39 is 66.0 Å². The highest BCUT2D eigenvalue weighted by Gasteiger charge is 2.61. The maximum atomic E-state index is 12.1. The minimum atomic E-state index is -1.24. The van der Waals surface area contributed by atoms with Crippen molar-refractivity contribution in [3.05, 3.63) is 0 Å². The molecule has 1 amide bonds. The summed E-state index contributed by atoms with van der Waals surface area (Å²) < 4.78 is 34.9. The van der Waals surface area contributed by atoms with Gasteiger partial charge in [-0.05, 0) is 48.5 Å². The van der Waals surface area contributed by atoms with Crippen molar-refractivity contribution in [1.29, 1.82) is 0 Å². The predicted molar refractivity (Wildman–Crippen MR) is 97.9 cm³/mol. The molecule has 0 bridgehead atoms. The standard InChI is InChI=1S/C19H31NO9/c1-17(2,3)29-16(23)20-9(14(21)22)8-10-11-12(26-18(4,5)25-11)13-15(24-10)28-19(6,7)27-13/h9-13,15H,8H2,1-7H3,(H,20,23)(H,21,22)/t9-,10?,11?,12?,13?,15?/m0/s1. The Balaban J connectivity index is 1.75. The van der Waals surface area contributed by atoms with E-state index in [1.807, 2.05) is 0 Å². The van der Waals surface area contributed by atoms with E-state index in [0.717, 1.165) is 0 Å². The first kappa shape index (κ1) is 22.2. The summed E-state index contributed by atoms with van der Waals surface area (Å²) in [6, 6.07) is -1.24. The van der Waals surface area contributed by atoms with Gasteiger partial charge >= 0.3 is 12.1 Å². The molecule has 3 aliphatic heterocycles. The number of rotatable bonds is 4. The summed E-state index contributed by atoms with van der Waals surface area (Å²) in [4.78, 5) is 23.8. The lowest BCUT2D eigenvalue weighted by Crippen LogP contribution is -2.57. The molecule has 166 valence electrons. The van der Waals surface area contributed by atoms with Gasteiger partial charge in [0.15, 0.2) is 17.9 Å². The summed E-state index contributed by atoms with van der Waals surface area (Å²) in [6.07, 6.45) is -3.88. The molecule has 5 unspecified atom stereocenters. The molecule has 10 heteroatoms. The Morgan fingerprint density at radius 1 is 1.00 bits per heavy atom. The lowest BCUT2D eigenvalue weighted by Gasteiger charge is -2.38. The van der Waals surface area contributed by atoms with Gasteiger partial charge in [0.05, 0.1) is 6.10 Å². The number of carbonyl (C=O) groups excluding carboxylic acids is 1. The van der Waals surface area contributed by atoms with Crippen molar-refractivity contribution in [3.8, 4) is 0 Å². The molecule has 0 radical (unpaired) electrons. The number of hydrogen-bond acceptors (Lipinski definition) is 8. The number of aliphatic carboxylic acids is 1. The van der Waals surface area contributed by atoms with E-state index in [-0.39, 0.29) is 6.42 Å². The van der Waals surface area contributed by atoms with Crippen LogP contribution in [0.25, 0.3) is 0 Å². The number of hydrogen-bond donors (Lipinski definition) is 2. The Kier molecular flexibility index (Phi) is 5.63. The lowest BCUT2D eigenvalue weighted by atomic mass is 9.94. The van der Waals surface area contributed by atoms with Gasteiger partial charge in [-0.1, -0.05) is 0 Å². The Morgan fingerprint density at radius 2 is 1.55 bits per heavy atom. The molecule has 3 saturated heterocycles. The Bertz CT molecular complexity index is 657. The molecule has 2 N–H and O–H groups in total. The van der Waals surface area contributed by atoms with Crippen LogP contribution in [0.15, 0.2) is 0 Å². The molecule has 0 aromatic heterocycles. The molecule has 0 aromatic carbocycles. The van der Waals surface area contributed by atoms with Crippen LogP contribution in [0.4, 0.5) is 4.79 Å². The normalized spacial score (nSPS) is 36.0. The van der Waals surface area contributed by atoms with E-state index in [9.17, 15) is 14.7 Å². The Hall–Kier alpha value is -1.46. The molecule has 29 heavy (non-hydrogen) atoms. The van der Waals surface area contributed by atoms with E-state index >= 15 is 0 Å². The highest BCUT2D eigenvalue weighted by molar-refractivity contribution is 5.80. The van der Waals surface area contributed by atoms with Crippen molar-refractivity contribution in [2.75, 3.05) is 0 Å². The summed E-state index contributed by atoms with van der Waals surface area (Å²) >= 11 is 0. The zero-order valence-electron chi connectivity index (χ0n) is 17.9. The minimum absolute atomic E-state index is 0.0534. The van der Waals surface area contributed by atoms with E-state index in [4.69, 9.17) is 28.4 Å². The van der Waals surface area contributed by atoms with Gasteiger partial charge in [0.25, 0.3) is 0 Å². The number of alkyl carbamates (subject to hydrolysis) is 1. The maximum absolute atomic E-state index is 12.1. The predicted octanol–water partition coefficient (Wildman–Crippen LogP) is 1.75. The van der Waals surface area contributed by atoms with Crippen LogP contribution in [0, 0.1) is 0 Å². The van der Waals surface area contributed by atoms with Crippen molar-refractivity contribution in [1.82, 2.24) is 5.32 Å². The van der Waals surface area contributed by atoms with Crippen molar-refractivity contribution in [3.63, 3.8) is 0 Å². The van der Waals surface area contributed by atoms with Crippen LogP contribution in [0.1, 0.15) is 54.9 Å². The average Bonchev–Trinajstić information content (AvgIpc) is 2.99. The number of ether oxygens (including phenoxy) is 6. The van der Waals surface area contributed by atoms with Gasteiger partial charge < -0.3 is 38.8 Å². The third-order valence-corrected chi connectivity index (χ3v) is 4.71. The second-order valence-electron chi connectivity index (χ2n) is 9.48. The topological polar surface area (TPSA) is 122 Å². The van der Waals surface area contributed by atoms with Crippen LogP contribution >= 0.6 is 0 Å². The van der Waals surface area contributed by atoms with Crippen LogP contribution in [0.3, 0.4) is 0 Å². The van der Waals surface area contributed by atoms with Gasteiger partial charge in [-0.3, -0.25) is 0 Å². The zero-order chi connectivity index (χ0) is 21.8. The van der Waals surface area contributed by atoms with Crippen LogP contribution in [0.2, 0.25) is 0 Å². The van der Waals surface area contributed by atoms with E-state index in [0.29, 0.717) is 0 Å². The van der Waals surface area contributed by atoms with Gasteiger partial charge in [0, 0.05) is 6.42 Å². The fraction of sp³-hybridized carbons (Fsp3) is 0.895. The number of nitrogens with one attached hydrogen (secondary N) is 1. The van der Waals surface area contributed by atoms with Crippen molar-refractivity contribution >= 4 is 12.1 Å². The van der Waals surface area contributed by atoms with Gasteiger partial charge in [-0.2, -0.15) is 0 Å². The Morgan fingerprint density at radius 3 is 2.14 bits per heavy atom. The first-order chi connectivity index (χ1) is 13.2. The minimum Gasteiger partial charge on any atom is -0.480 e. The molecule has 0 spiro atoms. The molecule has 10 nitrogen and oxygen atoms in total. The summed E-state index contributed by atoms with van der Waals surface area (Å²) in [5, 5.41) is 12.0. The SMILES string of the molecule is CC(C)(C)OC(=O)N[C@@H](CC1OC2OC(C)(C)OC2C2OC(C)(C)OC12)C(=O)O. The molecule has 0 aliphatic carbocycles. The van der Waals surface area contributed by atoms with Crippen LogP contribution in [0.5, 0.6) is 0 Å². The van der Waals surface area contributed by atoms with Gasteiger partial charge in [0.2, 0.25) is 0 Å². The summed E-state index contributed by atoms with van der Waals surface area (Å²) in [5.41, 5.74) is -0.750. The highest BCUT2D eigenvalue weighted by Crippen LogP contribution is 2.44. The second kappa shape index (κ2) is 7.35. The van der Waals surface area contributed by atoms with Crippen LogP contribution < -0.4 is 5.32 Å². The third-order valence-electron chi connectivity index (χ3n) is 4.71. The highest BCUT2D eigenvalue weighted by atomic mass is 16.9. The zero-order valence-corrected chi connectivity index (χ0v) is 17.9. The molecule has 0 saturated carbocycles. The smallest absolute Gasteiger partial charge is 0.408 e. The molecule has 3 rings (SSSR count). The van der Waals surface area contributed by atoms with Gasteiger partial charge in [0.1, 0.15) is 30.0 Å². The van der Waals surface area contributed by atoms with Crippen LogP contribution in [-0.2, 0) is 33.2 Å². The average molecular weight is 417 g/mol. The van der Waals surface area contributed by atoms with E-state index in [1.165, 1.54) is 0 Å². The van der Waals surface area contributed by atoms with Crippen LogP contribution in [-0.4, -0.2) is 71.1 Å². The molecular formula is C19H31NO9. The van der Waals surface area contributed by atoms with E-state index in [1.54, 1.807) is 48.5 Å². The van der Waals surface area contributed by atoms with Crippen molar-refractivity contribution < 1.29 is 43.1 Å². The first-order valence-corrected chi connectivity index (χ1v) is 9.75. The number of carboxylic acids is 1. The van der Waals surface area contributed by atoms with Crippen molar-refractivity contribution in [2.24, 2.45) is 0 Å². The molecule has 3 aliphatic rings. The molecular weight excluding hydrogens is 386 g/mol. The molecule has 0 aromatic rings. The number of amides is 1. The largest absolute Gasteiger partial charge is 0.480 e. The number of fused-ring (bicyclic) bond motifs is 3. The second-order valence-corrected chi connectivity index (χ2v) is 9.48.